The van der Waals surface area contributed by atoms with Crippen LogP contribution in [0.1, 0.15) is 47.4 Å². The number of carbonyl (C=O) groups excluding carboxylic acids is 3. The van der Waals surface area contributed by atoms with E-state index in [4.69, 9.17) is 4.74 Å². The molecule has 7 nitrogen and oxygen atoms in total. The molecule has 1 saturated heterocycles. The minimum atomic E-state index is -0.335. The highest BCUT2D eigenvalue weighted by Crippen LogP contribution is 2.11. The molecule has 0 spiro atoms. The molecule has 1 aromatic carbocycles. The molecule has 7 heteroatoms. The zero-order valence-electron chi connectivity index (χ0n) is 15.5. The van der Waals surface area contributed by atoms with Crippen molar-refractivity contribution in [3.05, 3.63) is 35.4 Å². The summed E-state index contributed by atoms with van der Waals surface area (Å²) in [6.45, 7) is 6.69. The first-order valence-electron chi connectivity index (χ1n) is 9.16. The number of piperazine rings is 1. The predicted molar refractivity (Wildman–Crippen MR) is 98.2 cm³/mol. The molecule has 0 saturated carbocycles. The van der Waals surface area contributed by atoms with E-state index in [0.29, 0.717) is 50.5 Å². The summed E-state index contributed by atoms with van der Waals surface area (Å²) in [5.74, 6) is -0.216. The van der Waals surface area contributed by atoms with Crippen LogP contribution in [0.15, 0.2) is 24.3 Å². The molecule has 1 fully saturated rings. The van der Waals surface area contributed by atoms with Crippen molar-refractivity contribution in [1.29, 1.82) is 0 Å². The molecule has 3 amide bonds. The largest absolute Gasteiger partial charge is 0.450 e. The Balaban J connectivity index is 1.88. The number of benzene rings is 1. The Kier molecular flexibility index (Phi) is 7.44. The lowest BCUT2D eigenvalue weighted by atomic mass is 10.1. The van der Waals surface area contributed by atoms with Crippen molar-refractivity contribution < 1.29 is 19.1 Å². The van der Waals surface area contributed by atoms with Crippen LogP contribution >= 0.6 is 0 Å². The fraction of sp³-hybridized carbons (Fsp3) is 0.526. The van der Waals surface area contributed by atoms with Crippen LogP contribution in [0.3, 0.4) is 0 Å². The van der Waals surface area contributed by atoms with E-state index in [2.05, 4.69) is 12.2 Å². The molecule has 1 N–H and O–H groups in total. The molecule has 0 radical (unpaired) electrons. The maximum Gasteiger partial charge on any atom is 0.409 e. The molecule has 0 aromatic heterocycles. The molecular formula is C19H27N3O4. The SMILES string of the molecule is CCCCNC(=O)c1ccc(C(=O)N2CCN(C(=O)OCC)CC2)cc1. The van der Waals surface area contributed by atoms with Gasteiger partial charge < -0.3 is 19.9 Å². The van der Waals surface area contributed by atoms with Gasteiger partial charge in [0.25, 0.3) is 11.8 Å². The summed E-state index contributed by atoms with van der Waals surface area (Å²) in [5, 5.41) is 2.85. The standard InChI is InChI=1S/C19H27N3O4/c1-3-5-10-20-17(23)15-6-8-16(9-7-15)18(24)21-11-13-22(14-12-21)19(25)26-4-2/h6-9H,3-5,10-14H2,1-2H3,(H,20,23). The first kappa shape index (κ1) is 19.8. The third kappa shape index (κ3) is 5.21. The predicted octanol–water partition coefficient (Wildman–Crippen LogP) is 2.13. The van der Waals surface area contributed by atoms with E-state index < -0.39 is 0 Å². The number of carbonyl (C=O) groups is 3. The first-order valence-corrected chi connectivity index (χ1v) is 9.16. The van der Waals surface area contributed by atoms with Gasteiger partial charge in [0, 0.05) is 43.9 Å². The van der Waals surface area contributed by atoms with Crippen molar-refractivity contribution in [2.45, 2.75) is 26.7 Å². The highest BCUT2D eigenvalue weighted by Gasteiger charge is 2.25. The van der Waals surface area contributed by atoms with E-state index in [1.807, 2.05) is 0 Å². The van der Waals surface area contributed by atoms with Gasteiger partial charge in [-0.1, -0.05) is 13.3 Å². The Labute approximate surface area is 154 Å². The van der Waals surface area contributed by atoms with Crippen LogP contribution in [0.5, 0.6) is 0 Å². The second-order valence-corrected chi connectivity index (χ2v) is 6.16. The lowest BCUT2D eigenvalue weighted by molar-refractivity contribution is 0.0570. The molecule has 0 atom stereocenters. The Morgan fingerprint density at radius 3 is 2.12 bits per heavy atom. The number of hydrogen-bond acceptors (Lipinski definition) is 4. The Hall–Kier alpha value is -2.57. The Bertz CT molecular complexity index is 622. The van der Waals surface area contributed by atoms with Gasteiger partial charge in [-0.3, -0.25) is 9.59 Å². The normalized spacial score (nSPS) is 14.1. The quantitative estimate of drug-likeness (QED) is 0.787. The van der Waals surface area contributed by atoms with E-state index in [0.717, 1.165) is 12.8 Å². The summed E-state index contributed by atoms with van der Waals surface area (Å²) in [6, 6.07) is 6.69. The molecule has 26 heavy (non-hydrogen) atoms. The van der Waals surface area contributed by atoms with E-state index in [1.54, 1.807) is 41.0 Å². The first-order chi connectivity index (χ1) is 12.6. The third-order valence-corrected chi connectivity index (χ3v) is 4.30. The van der Waals surface area contributed by atoms with Crippen LogP contribution in [-0.4, -0.2) is 67.0 Å². The van der Waals surface area contributed by atoms with E-state index >= 15 is 0 Å². The molecule has 1 aliphatic heterocycles. The highest BCUT2D eigenvalue weighted by molar-refractivity contribution is 5.97. The van der Waals surface area contributed by atoms with E-state index in [9.17, 15) is 14.4 Å². The number of hydrogen-bond donors (Lipinski definition) is 1. The van der Waals surface area contributed by atoms with Gasteiger partial charge in [0.1, 0.15) is 0 Å². The molecule has 142 valence electrons. The number of nitrogens with one attached hydrogen (secondary N) is 1. The average Bonchev–Trinajstić information content (AvgIpc) is 2.68. The maximum absolute atomic E-state index is 12.6. The summed E-state index contributed by atoms with van der Waals surface area (Å²) in [4.78, 5) is 39.6. The maximum atomic E-state index is 12.6. The number of amides is 3. The lowest BCUT2D eigenvalue weighted by Gasteiger charge is -2.34. The summed E-state index contributed by atoms with van der Waals surface area (Å²) < 4.78 is 4.98. The second kappa shape index (κ2) is 9.79. The topological polar surface area (TPSA) is 79.0 Å². The minimum Gasteiger partial charge on any atom is -0.450 e. The van der Waals surface area contributed by atoms with Crippen LogP contribution in [0, 0.1) is 0 Å². The molecule has 1 heterocycles. The van der Waals surface area contributed by atoms with Crippen LogP contribution in [0.25, 0.3) is 0 Å². The molecule has 0 unspecified atom stereocenters. The van der Waals surface area contributed by atoms with Gasteiger partial charge in [0.05, 0.1) is 6.61 Å². The summed E-state index contributed by atoms with van der Waals surface area (Å²) in [7, 11) is 0. The molecule has 2 rings (SSSR count). The van der Waals surface area contributed by atoms with Crippen molar-refractivity contribution in [2.75, 3.05) is 39.3 Å². The van der Waals surface area contributed by atoms with Crippen molar-refractivity contribution in [1.82, 2.24) is 15.1 Å². The van der Waals surface area contributed by atoms with Gasteiger partial charge in [-0.25, -0.2) is 4.79 Å². The average molecular weight is 361 g/mol. The molecule has 0 bridgehead atoms. The minimum absolute atomic E-state index is 0.0912. The lowest BCUT2D eigenvalue weighted by Crippen LogP contribution is -2.50. The summed E-state index contributed by atoms with van der Waals surface area (Å²) in [6.07, 6.45) is 1.63. The van der Waals surface area contributed by atoms with Crippen LogP contribution in [-0.2, 0) is 4.74 Å². The van der Waals surface area contributed by atoms with E-state index in [-0.39, 0.29) is 17.9 Å². The van der Waals surface area contributed by atoms with Crippen LogP contribution in [0.4, 0.5) is 4.79 Å². The fourth-order valence-corrected chi connectivity index (χ4v) is 2.73. The molecular weight excluding hydrogens is 334 g/mol. The monoisotopic (exact) mass is 361 g/mol. The van der Waals surface area contributed by atoms with Gasteiger partial charge in [-0.05, 0) is 37.6 Å². The zero-order chi connectivity index (χ0) is 18.9. The number of nitrogens with zero attached hydrogens (tertiary/aromatic N) is 2. The van der Waals surface area contributed by atoms with Crippen molar-refractivity contribution in [3.8, 4) is 0 Å². The van der Waals surface area contributed by atoms with Crippen molar-refractivity contribution in [3.63, 3.8) is 0 Å². The zero-order valence-corrected chi connectivity index (χ0v) is 15.5. The number of rotatable bonds is 6. The van der Waals surface area contributed by atoms with Gasteiger partial charge in [0.2, 0.25) is 0 Å². The van der Waals surface area contributed by atoms with Crippen molar-refractivity contribution in [2.24, 2.45) is 0 Å². The molecule has 0 aliphatic carbocycles. The van der Waals surface area contributed by atoms with E-state index in [1.165, 1.54) is 0 Å². The number of ether oxygens (including phenoxy) is 1. The highest BCUT2D eigenvalue weighted by atomic mass is 16.6. The van der Waals surface area contributed by atoms with Gasteiger partial charge in [0.15, 0.2) is 0 Å². The Morgan fingerprint density at radius 2 is 1.54 bits per heavy atom. The van der Waals surface area contributed by atoms with Gasteiger partial charge in [-0.2, -0.15) is 0 Å². The smallest absolute Gasteiger partial charge is 0.409 e. The van der Waals surface area contributed by atoms with Crippen LogP contribution < -0.4 is 5.32 Å². The molecule has 1 aliphatic rings. The Morgan fingerprint density at radius 1 is 0.962 bits per heavy atom. The second-order valence-electron chi connectivity index (χ2n) is 6.16. The summed E-state index contributed by atoms with van der Waals surface area (Å²) >= 11 is 0. The fourth-order valence-electron chi connectivity index (χ4n) is 2.73. The molecule has 1 aromatic rings. The number of unbranched alkanes of at least 4 members (excludes halogenated alkanes) is 1. The third-order valence-electron chi connectivity index (χ3n) is 4.30. The van der Waals surface area contributed by atoms with Gasteiger partial charge >= 0.3 is 6.09 Å². The van der Waals surface area contributed by atoms with Crippen LogP contribution in [0.2, 0.25) is 0 Å². The van der Waals surface area contributed by atoms with Crippen molar-refractivity contribution >= 4 is 17.9 Å². The summed E-state index contributed by atoms with van der Waals surface area (Å²) in [5.41, 5.74) is 1.09. The van der Waals surface area contributed by atoms with Gasteiger partial charge in [-0.15, -0.1) is 0 Å².